The van der Waals surface area contributed by atoms with Crippen molar-refractivity contribution in [2.24, 2.45) is 0 Å². The summed E-state index contributed by atoms with van der Waals surface area (Å²) in [7, 11) is 3.25. The zero-order valence-electron chi connectivity index (χ0n) is 22.7. The Labute approximate surface area is 237 Å². The molecule has 4 aromatic rings. The lowest BCUT2D eigenvalue weighted by Crippen LogP contribution is -2.38. The summed E-state index contributed by atoms with van der Waals surface area (Å²) in [6.45, 7) is 0.0719. The first kappa shape index (κ1) is 27.9. The molecule has 5 rings (SSSR count). The second-order valence-corrected chi connectivity index (χ2v) is 9.57. The van der Waals surface area contributed by atoms with Crippen molar-refractivity contribution in [2.75, 3.05) is 26.6 Å². The first-order chi connectivity index (χ1) is 19.9. The Hall–Kier alpha value is -4.62. The molecule has 2 heterocycles. The van der Waals surface area contributed by atoms with Gasteiger partial charge in [-0.25, -0.2) is 4.98 Å². The molecule has 0 spiro atoms. The average Bonchev–Trinajstić information content (AvgIpc) is 3.36. The smallest absolute Gasteiger partial charge is 0.253 e. The van der Waals surface area contributed by atoms with E-state index in [1.807, 2.05) is 78.9 Å². The van der Waals surface area contributed by atoms with Crippen LogP contribution in [0.3, 0.4) is 0 Å². The van der Waals surface area contributed by atoms with Crippen LogP contribution in [0.5, 0.6) is 11.5 Å². The van der Waals surface area contributed by atoms with Gasteiger partial charge in [0.1, 0.15) is 35.0 Å². The zero-order valence-corrected chi connectivity index (χ0v) is 22.7. The third-order valence-electron chi connectivity index (χ3n) is 6.98. The Bertz CT molecular complexity index is 1530. The highest BCUT2D eigenvalue weighted by Crippen LogP contribution is 2.42. The molecule has 3 aromatic carbocycles. The van der Waals surface area contributed by atoms with Gasteiger partial charge in [-0.2, -0.15) is 0 Å². The number of nitrogens with one attached hydrogen (secondary N) is 1. The quantitative estimate of drug-likeness (QED) is 0.224. The number of nitrogens with two attached hydrogens (primary N) is 1. The van der Waals surface area contributed by atoms with E-state index in [1.54, 1.807) is 14.2 Å². The highest BCUT2D eigenvalue weighted by atomic mass is 16.6. The van der Waals surface area contributed by atoms with Gasteiger partial charge < -0.3 is 29.8 Å². The normalized spacial score (nSPS) is 18.4. The van der Waals surface area contributed by atoms with Gasteiger partial charge in [0.2, 0.25) is 5.95 Å². The lowest BCUT2D eigenvalue weighted by Gasteiger charge is -2.37. The van der Waals surface area contributed by atoms with Crippen LogP contribution in [-0.2, 0) is 15.1 Å². The molecule has 1 aliphatic heterocycles. The summed E-state index contributed by atoms with van der Waals surface area (Å²) in [6, 6.07) is 26.6. The van der Waals surface area contributed by atoms with E-state index in [4.69, 9.17) is 24.7 Å². The van der Waals surface area contributed by atoms with E-state index in [0.717, 1.165) is 28.2 Å². The van der Waals surface area contributed by atoms with E-state index >= 15 is 0 Å². The van der Waals surface area contributed by atoms with Crippen LogP contribution in [0.25, 0.3) is 0 Å². The van der Waals surface area contributed by atoms with Crippen molar-refractivity contribution in [3.8, 4) is 23.3 Å². The number of anilines is 1. The van der Waals surface area contributed by atoms with Crippen molar-refractivity contribution in [2.45, 2.75) is 30.3 Å². The molecular weight excluding hydrogens is 522 g/mol. The van der Waals surface area contributed by atoms with Crippen molar-refractivity contribution in [1.82, 2.24) is 9.97 Å². The predicted octanol–water partition coefficient (Wildman–Crippen LogP) is 3.25. The number of nitrogen functional groups attached to an aromatic ring is 1. The van der Waals surface area contributed by atoms with Crippen molar-refractivity contribution in [3.05, 3.63) is 118 Å². The monoisotopic (exact) mass is 553 g/mol. The van der Waals surface area contributed by atoms with Gasteiger partial charge in [-0.1, -0.05) is 60.5 Å². The molecule has 9 nitrogen and oxygen atoms in total. The molecule has 1 fully saturated rings. The van der Waals surface area contributed by atoms with Crippen LogP contribution in [0.1, 0.15) is 28.8 Å². The topological polar surface area (TPSA) is 129 Å². The minimum absolute atomic E-state index is 0.0187. The number of methoxy groups -OCH3 is 2. The fourth-order valence-electron chi connectivity index (χ4n) is 4.95. The maximum Gasteiger partial charge on any atom is 0.253 e. The lowest BCUT2D eigenvalue weighted by molar-refractivity contribution is -0.0759. The molecule has 4 N–H and O–H groups in total. The summed E-state index contributed by atoms with van der Waals surface area (Å²) in [5, 5.41) is 10.9. The second kappa shape index (κ2) is 12.3. The lowest BCUT2D eigenvalue weighted by atomic mass is 9.80. The molecule has 0 unspecified atom stereocenters. The number of aromatic nitrogens is 2. The molecule has 0 amide bonds. The number of benzene rings is 3. The molecule has 41 heavy (non-hydrogen) atoms. The average molecular weight is 554 g/mol. The summed E-state index contributed by atoms with van der Waals surface area (Å²) in [4.78, 5) is 18.1. The number of nitrogens with zero attached hydrogens (tertiary/aromatic N) is 1. The van der Waals surface area contributed by atoms with E-state index in [1.165, 1.54) is 6.07 Å². The van der Waals surface area contributed by atoms with Crippen LogP contribution in [0, 0.1) is 11.8 Å². The first-order valence-electron chi connectivity index (χ1n) is 13.1. The fourth-order valence-corrected chi connectivity index (χ4v) is 4.95. The molecule has 0 saturated carbocycles. The van der Waals surface area contributed by atoms with Crippen LogP contribution in [-0.4, -0.2) is 54.2 Å². The third-order valence-corrected chi connectivity index (χ3v) is 6.98. The van der Waals surface area contributed by atoms with Gasteiger partial charge in [-0.3, -0.25) is 9.78 Å². The molecule has 1 saturated heterocycles. The standard InChI is InChI=1S/C32H31N3O6/c1-38-25-13-8-22(9-14-25)32(21-6-4-3-5-7-21,23-10-15-26(39-2)16-11-23)40-20-29-28(36)19-27(41-29)17-12-24-18-30(37)35-31(33)34-24/h3-11,13-16,18,27-29,36H,19-20H2,1-2H3,(H3,33,34,35,37)/t27-,28-,29+/m0/s1. The zero-order chi connectivity index (χ0) is 28.8. The highest BCUT2D eigenvalue weighted by molar-refractivity contribution is 5.49. The molecule has 9 heteroatoms. The Morgan fingerprint density at radius 3 is 2.12 bits per heavy atom. The van der Waals surface area contributed by atoms with E-state index in [0.29, 0.717) is 0 Å². The van der Waals surface area contributed by atoms with E-state index in [-0.39, 0.29) is 24.7 Å². The molecule has 1 aromatic heterocycles. The van der Waals surface area contributed by atoms with Gasteiger partial charge in [0.25, 0.3) is 5.56 Å². The number of ether oxygens (including phenoxy) is 4. The maximum atomic E-state index is 11.7. The molecule has 0 aliphatic carbocycles. The van der Waals surface area contributed by atoms with Crippen molar-refractivity contribution >= 4 is 5.95 Å². The Morgan fingerprint density at radius 1 is 0.976 bits per heavy atom. The maximum absolute atomic E-state index is 11.7. The number of hydrogen-bond acceptors (Lipinski definition) is 8. The largest absolute Gasteiger partial charge is 0.497 e. The van der Waals surface area contributed by atoms with Gasteiger partial charge >= 0.3 is 0 Å². The summed E-state index contributed by atoms with van der Waals surface area (Å²) in [5.41, 5.74) is 7.04. The van der Waals surface area contributed by atoms with E-state index < -0.39 is 29.5 Å². The van der Waals surface area contributed by atoms with Gasteiger partial charge in [0.05, 0.1) is 26.9 Å². The Morgan fingerprint density at radius 2 is 1.56 bits per heavy atom. The van der Waals surface area contributed by atoms with E-state index in [2.05, 4.69) is 21.8 Å². The predicted molar refractivity (Wildman–Crippen MR) is 154 cm³/mol. The number of aliphatic hydroxyl groups excluding tert-OH is 1. The molecule has 1 aliphatic rings. The second-order valence-electron chi connectivity index (χ2n) is 9.57. The minimum Gasteiger partial charge on any atom is -0.497 e. The number of H-pyrrole nitrogens is 1. The number of hydrogen-bond donors (Lipinski definition) is 3. The van der Waals surface area contributed by atoms with E-state index in [9.17, 15) is 9.90 Å². The molecule has 0 radical (unpaired) electrons. The SMILES string of the molecule is COc1ccc(C(OC[C@H]2O[C@@H](C#Cc3cc(=O)[nH]c(N)n3)C[C@@H]2O)(c2ccccc2)c2ccc(OC)cc2)cc1. The summed E-state index contributed by atoms with van der Waals surface area (Å²) in [6.07, 6.45) is -1.75. The molecule has 0 bridgehead atoms. The van der Waals surface area contributed by atoms with Gasteiger partial charge in [-0.15, -0.1) is 0 Å². The summed E-state index contributed by atoms with van der Waals surface area (Å²) < 4.78 is 23.8. The highest BCUT2D eigenvalue weighted by Gasteiger charge is 2.41. The summed E-state index contributed by atoms with van der Waals surface area (Å²) >= 11 is 0. The van der Waals surface area contributed by atoms with Crippen molar-refractivity contribution < 1.29 is 24.1 Å². The molecular formula is C32H31N3O6. The first-order valence-corrected chi connectivity index (χ1v) is 13.1. The minimum atomic E-state index is -1.04. The number of aliphatic hydroxyl groups is 1. The van der Waals surface area contributed by atoms with Gasteiger partial charge in [0, 0.05) is 12.5 Å². The number of aromatic amines is 1. The molecule has 3 atom stereocenters. The van der Waals surface area contributed by atoms with Gasteiger partial charge in [-0.05, 0) is 46.9 Å². The fraction of sp³-hybridized carbons (Fsp3) is 0.250. The third kappa shape index (κ3) is 6.10. The van der Waals surface area contributed by atoms with Crippen LogP contribution in [0.2, 0.25) is 0 Å². The van der Waals surface area contributed by atoms with Crippen LogP contribution in [0.4, 0.5) is 5.95 Å². The van der Waals surface area contributed by atoms with Gasteiger partial charge in [0.15, 0.2) is 0 Å². The van der Waals surface area contributed by atoms with Crippen LogP contribution >= 0.6 is 0 Å². The van der Waals surface area contributed by atoms with Crippen LogP contribution in [0.15, 0.2) is 89.7 Å². The van der Waals surface area contributed by atoms with Crippen molar-refractivity contribution in [1.29, 1.82) is 0 Å². The number of rotatable bonds is 8. The van der Waals surface area contributed by atoms with Crippen LogP contribution < -0.4 is 20.8 Å². The Kier molecular flexibility index (Phi) is 8.36. The van der Waals surface area contributed by atoms with Crippen molar-refractivity contribution in [3.63, 3.8) is 0 Å². The summed E-state index contributed by atoms with van der Waals surface area (Å²) in [5.74, 6) is 7.19. The Balaban J connectivity index is 1.48. The molecule has 210 valence electrons.